The van der Waals surface area contributed by atoms with Crippen LogP contribution in [-0.2, 0) is 0 Å². The fraction of sp³-hybridized carbons (Fsp3) is 0.200. The van der Waals surface area contributed by atoms with Gasteiger partial charge >= 0.3 is 0 Å². The van der Waals surface area contributed by atoms with Crippen LogP contribution in [0.2, 0.25) is 0 Å². The first kappa shape index (κ1) is 13.1. The SMILES string of the molecule is CNc1ccc(NC(=O)c2ccc(C)c(C)c2)cn1. The molecule has 1 aromatic heterocycles. The monoisotopic (exact) mass is 255 g/mol. The van der Waals surface area contributed by atoms with Gasteiger partial charge in [0.2, 0.25) is 0 Å². The number of anilines is 2. The molecule has 1 aromatic carbocycles. The number of amides is 1. The van der Waals surface area contributed by atoms with Crippen LogP contribution in [0.5, 0.6) is 0 Å². The highest BCUT2D eigenvalue weighted by Crippen LogP contribution is 2.13. The van der Waals surface area contributed by atoms with Gasteiger partial charge in [0, 0.05) is 12.6 Å². The minimum absolute atomic E-state index is 0.123. The smallest absolute Gasteiger partial charge is 0.255 e. The molecule has 0 spiro atoms. The molecule has 2 N–H and O–H groups in total. The topological polar surface area (TPSA) is 54.0 Å². The molecule has 1 heterocycles. The third-order valence-corrected chi connectivity index (χ3v) is 3.05. The summed E-state index contributed by atoms with van der Waals surface area (Å²) in [5.41, 5.74) is 3.62. The maximum atomic E-state index is 12.1. The Bertz CT molecular complexity index is 591. The van der Waals surface area contributed by atoms with Crippen LogP contribution < -0.4 is 10.6 Å². The third kappa shape index (κ3) is 3.10. The fourth-order valence-electron chi connectivity index (χ4n) is 1.70. The van der Waals surface area contributed by atoms with E-state index in [1.165, 1.54) is 5.56 Å². The van der Waals surface area contributed by atoms with E-state index in [-0.39, 0.29) is 5.91 Å². The molecule has 0 unspecified atom stereocenters. The van der Waals surface area contributed by atoms with Gasteiger partial charge < -0.3 is 10.6 Å². The molecule has 0 aliphatic rings. The van der Waals surface area contributed by atoms with Crippen LogP contribution in [0, 0.1) is 13.8 Å². The second-order valence-corrected chi connectivity index (χ2v) is 4.44. The lowest BCUT2D eigenvalue weighted by molar-refractivity contribution is 0.102. The number of carbonyl (C=O) groups is 1. The number of rotatable bonds is 3. The number of aromatic nitrogens is 1. The molecule has 4 heteroatoms. The van der Waals surface area contributed by atoms with Crippen molar-refractivity contribution < 1.29 is 4.79 Å². The van der Waals surface area contributed by atoms with Crippen molar-refractivity contribution in [2.75, 3.05) is 17.7 Å². The molecule has 0 atom stereocenters. The Morgan fingerprint density at radius 1 is 1.11 bits per heavy atom. The molecule has 2 aromatic rings. The quantitative estimate of drug-likeness (QED) is 0.886. The molecule has 0 saturated carbocycles. The molecular weight excluding hydrogens is 238 g/mol. The van der Waals surface area contributed by atoms with E-state index in [1.807, 2.05) is 44.2 Å². The Hall–Kier alpha value is -2.36. The summed E-state index contributed by atoms with van der Waals surface area (Å²) in [4.78, 5) is 16.2. The summed E-state index contributed by atoms with van der Waals surface area (Å²) >= 11 is 0. The van der Waals surface area contributed by atoms with Crippen molar-refractivity contribution in [3.8, 4) is 0 Å². The number of hydrogen-bond acceptors (Lipinski definition) is 3. The summed E-state index contributed by atoms with van der Waals surface area (Å²) in [5.74, 6) is 0.645. The third-order valence-electron chi connectivity index (χ3n) is 3.05. The average molecular weight is 255 g/mol. The predicted molar refractivity (Wildman–Crippen MR) is 77.7 cm³/mol. The predicted octanol–water partition coefficient (Wildman–Crippen LogP) is 2.99. The standard InChI is InChI=1S/C15H17N3O/c1-10-4-5-12(8-11(10)2)15(19)18-13-6-7-14(16-3)17-9-13/h4-9H,1-3H3,(H,16,17)(H,18,19). The summed E-state index contributed by atoms with van der Waals surface area (Å²) < 4.78 is 0. The van der Waals surface area contributed by atoms with Gasteiger partial charge in [-0.15, -0.1) is 0 Å². The summed E-state index contributed by atoms with van der Waals surface area (Å²) in [6.45, 7) is 4.02. The molecule has 0 saturated heterocycles. The molecule has 0 aliphatic heterocycles. The van der Waals surface area contributed by atoms with Gasteiger partial charge in [-0.25, -0.2) is 4.98 Å². The van der Waals surface area contributed by atoms with E-state index < -0.39 is 0 Å². The number of hydrogen-bond donors (Lipinski definition) is 2. The Labute approximate surface area is 112 Å². The normalized spacial score (nSPS) is 10.1. The molecule has 98 valence electrons. The minimum atomic E-state index is -0.123. The first-order chi connectivity index (χ1) is 9.10. The number of nitrogens with one attached hydrogen (secondary N) is 2. The Balaban J connectivity index is 2.13. The molecule has 1 amide bonds. The van der Waals surface area contributed by atoms with Crippen LogP contribution in [0.1, 0.15) is 21.5 Å². The summed E-state index contributed by atoms with van der Waals surface area (Å²) in [5, 5.41) is 5.76. The second kappa shape index (κ2) is 5.52. The highest BCUT2D eigenvalue weighted by molar-refractivity contribution is 6.04. The van der Waals surface area contributed by atoms with Crippen LogP contribution >= 0.6 is 0 Å². The number of carbonyl (C=O) groups excluding carboxylic acids is 1. The van der Waals surface area contributed by atoms with E-state index in [1.54, 1.807) is 13.2 Å². The molecule has 0 radical (unpaired) electrons. The average Bonchev–Trinajstić information content (AvgIpc) is 2.42. The number of aryl methyl sites for hydroxylation is 2. The van der Waals surface area contributed by atoms with Gasteiger partial charge in [0.05, 0.1) is 11.9 Å². The van der Waals surface area contributed by atoms with E-state index in [0.29, 0.717) is 11.3 Å². The summed E-state index contributed by atoms with van der Waals surface area (Å²) in [6.07, 6.45) is 1.63. The first-order valence-corrected chi connectivity index (χ1v) is 6.12. The van der Waals surface area contributed by atoms with Crippen molar-refractivity contribution in [2.24, 2.45) is 0 Å². The Morgan fingerprint density at radius 3 is 2.47 bits per heavy atom. The van der Waals surface area contributed by atoms with Gasteiger partial charge in [0.25, 0.3) is 5.91 Å². The van der Waals surface area contributed by atoms with Crippen LogP contribution in [-0.4, -0.2) is 17.9 Å². The molecule has 19 heavy (non-hydrogen) atoms. The van der Waals surface area contributed by atoms with Crippen molar-refractivity contribution >= 4 is 17.4 Å². The van der Waals surface area contributed by atoms with Crippen molar-refractivity contribution in [3.05, 3.63) is 53.2 Å². The highest BCUT2D eigenvalue weighted by Gasteiger charge is 2.07. The molecule has 0 bridgehead atoms. The number of benzene rings is 1. The molecular formula is C15H17N3O. The van der Waals surface area contributed by atoms with E-state index in [4.69, 9.17) is 0 Å². The van der Waals surface area contributed by atoms with E-state index in [9.17, 15) is 4.79 Å². The zero-order valence-corrected chi connectivity index (χ0v) is 11.3. The largest absolute Gasteiger partial charge is 0.373 e. The van der Waals surface area contributed by atoms with Crippen LogP contribution in [0.3, 0.4) is 0 Å². The zero-order valence-electron chi connectivity index (χ0n) is 11.3. The van der Waals surface area contributed by atoms with E-state index >= 15 is 0 Å². The minimum Gasteiger partial charge on any atom is -0.373 e. The van der Waals surface area contributed by atoms with Crippen molar-refractivity contribution in [1.82, 2.24) is 4.98 Å². The van der Waals surface area contributed by atoms with Crippen molar-refractivity contribution in [3.63, 3.8) is 0 Å². The maximum Gasteiger partial charge on any atom is 0.255 e. The van der Waals surface area contributed by atoms with Crippen LogP contribution in [0.4, 0.5) is 11.5 Å². The number of nitrogens with zero attached hydrogens (tertiary/aromatic N) is 1. The number of pyridine rings is 1. The van der Waals surface area contributed by atoms with E-state index in [0.717, 1.165) is 11.4 Å². The van der Waals surface area contributed by atoms with E-state index in [2.05, 4.69) is 15.6 Å². The Morgan fingerprint density at radius 2 is 1.89 bits per heavy atom. The maximum absolute atomic E-state index is 12.1. The molecule has 0 fully saturated rings. The van der Waals surface area contributed by atoms with Crippen LogP contribution in [0.15, 0.2) is 36.5 Å². The first-order valence-electron chi connectivity index (χ1n) is 6.12. The van der Waals surface area contributed by atoms with Gasteiger partial charge in [-0.2, -0.15) is 0 Å². The second-order valence-electron chi connectivity index (χ2n) is 4.44. The van der Waals surface area contributed by atoms with Crippen molar-refractivity contribution in [1.29, 1.82) is 0 Å². The van der Waals surface area contributed by atoms with Crippen molar-refractivity contribution in [2.45, 2.75) is 13.8 Å². The van der Waals surface area contributed by atoms with Gasteiger partial charge in [-0.1, -0.05) is 6.07 Å². The lowest BCUT2D eigenvalue weighted by Crippen LogP contribution is -2.12. The lowest BCUT2D eigenvalue weighted by Gasteiger charge is -2.07. The Kier molecular flexibility index (Phi) is 3.80. The highest BCUT2D eigenvalue weighted by atomic mass is 16.1. The van der Waals surface area contributed by atoms with Crippen LogP contribution in [0.25, 0.3) is 0 Å². The summed E-state index contributed by atoms with van der Waals surface area (Å²) in [7, 11) is 1.80. The fourth-order valence-corrected chi connectivity index (χ4v) is 1.70. The molecule has 2 rings (SSSR count). The summed E-state index contributed by atoms with van der Waals surface area (Å²) in [6, 6.07) is 9.30. The molecule has 0 aliphatic carbocycles. The molecule has 4 nitrogen and oxygen atoms in total. The lowest BCUT2D eigenvalue weighted by atomic mass is 10.1. The van der Waals surface area contributed by atoms with Gasteiger partial charge in [0.1, 0.15) is 5.82 Å². The zero-order chi connectivity index (χ0) is 13.8. The van der Waals surface area contributed by atoms with Gasteiger partial charge in [-0.3, -0.25) is 4.79 Å². The van der Waals surface area contributed by atoms with Gasteiger partial charge in [-0.05, 0) is 49.2 Å². The van der Waals surface area contributed by atoms with Gasteiger partial charge in [0.15, 0.2) is 0 Å².